The first-order valence-electron chi connectivity index (χ1n) is 9.48. The SMILES string of the molecule is CCS(=O)(=O)NCCCOc1cc2ncnc(Nc3ccc(Cl)cc3F)c2cc1OC. The molecule has 31 heavy (non-hydrogen) atoms. The van der Waals surface area contributed by atoms with Gasteiger partial charge in [0.15, 0.2) is 11.5 Å². The van der Waals surface area contributed by atoms with Crippen molar-refractivity contribution in [3.8, 4) is 11.5 Å². The van der Waals surface area contributed by atoms with E-state index in [0.717, 1.165) is 0 Å². The third-order valence-electron chi connectivity index (χ3n) is 4.39. The van der Waals surface area contributed by atoms with Gasteiger partial charge in [-0.2, -0.15) is 0 Å². The number of hydrogen-bond donors (Lipinski definition) is 2. The smallest absolute Gasteiger partial charge is 0.211 e. The topological polar surface area (TPSA) is 102 Å². The Bertz CT molecular complexity index is 1180. The van der Waals surface area contributed by atoms with Crippen LogP contribution in [0.2, 0.25) is 5.02 Å². The predicted molar refractivity (Wildman–Crippen MR) is 118 cm³/mol. The van der Waals surface area contributed by atoms with Crippen LogP contribution in [0, 0.1) is 5.82 Å². The molecule has 0 saturated carbocycles. The van der Waals surface area contributed by atoms with Crippen molar-refractivity contribution in [1.29, 1.82) is 0 Å². The Morgan fingerprint density at radius 3 is 2.68 bits per heavy atom. The summed E-state index contributed by atoms with van der Waals surface area (Å²) in [6.45, 7) is 2.13. The number of benzene rings is 2. The molecule has 0 atom stereocenters. The van der Waals surface area contributed by atoms with E-state index in [2.05, 4.69) is 20.0 Å². The summed E-state index contributed by atoms with van der Waals surface area (Å²) >= 11 is 5.81. The summed E-state index contributed by atoms with van der Waals surface area (Å²) in [4.78, 5) is 8.46. The number of halogens is 2. The lowest BCUT2D eigenvalue weighted by Crippen LogP contribution is -2.27. The molecular weight excluding hydrogens is 447 g/mol. The lowest BCUT2D eigenvalue weighted by Gasteiger charge is -2.14. The molecule has 0 radical (unpaired) electrons. The molecule has 166 valence electrons. The molecule has 1 aromatic heterocycles. The Morgan fingerprint density at radius 1 is 1.16 bits per heavy atom. The van der Waals surface area contributed by atoms with Crippen molar-refractivity contribution < 1.29 is 22.3 Å². The highest BCUT2D eigenvalue weighted by molar-refractivity contribution is 7.89. The van der Waals surface area contributed by atoms with E-state index in [1.54, 1.807) is 25.1 Å². The van der Waals surface area contributed by atoms with E-state index >= 15 is 0 Å². The van der Waals surface area contributed by atoms with Gasteiger partial charge in [0.25, 0.3) is 0 Å². The van der Waals surface area contributed by atoms with Gasteiger partial charge in [0.05, 0.1) is 30.7 Å². The summed E-state index contributed by atoms with van der Waals surface area (Å²) in [6, 6.07) is 7.69. The fraction of sp³-hybridized carbons (Fsp3) is 0.300. The molecule has 2 aromatic carbocycles. The van der Waals surface area contributed by atoms with E-state index in [9.17, 15) is 12.8 Å². The number of aromatic nitrogens is 2. The Hall–Kier alpha value is -2.69. The minimum Gasteiger partial charge on any atom is -0.493 e. The zero-order valence-corrected chi connectivity index (χ0v) is 18.6. The second-order valence-electron chi connectivity index (χ2n) is 6.49. The van der Waals surface area contributed by atoms with Crippen molar-refractivity contribution >= 4 is 44.0 Å². The number of sulfonamides is 1. The van der Waals surface area contributed by atoms with Crippen molar-refractivity contribution in [2.75, 3.05) is 31.3 Å². The number of hydrogen-bond acceptors (Lipinski definition) is 7. The van der Waals surface area contributed by atoms with Crippen LogP contribution in [0.4, 0.5) is 15.9 Å². The third-order valence-corrected chi connectivity index (χ3v) is 6.02. The van der Waals surface area contributed by atoms with Crippen molar-refractivity contribution in [2.24, 2.45) is 0 Å². The van der Waals surface area contributed by atoms with Gasteiger partial charge >= 0.3 is 0 Å². The first-order valence-corrected chi connectivity index (χ1v) is 11.5. The van der Waals surface area contributed by atoms with Gasteiger partial charge in [-0.15, -0.1) is 0 Å². The van der Waals surface area contributed by atoms with Crippen molar-refractivity contribution in [2.45, 2.75) is 13.3 Å². The average molecular weight is 469 g/mol. The van der Waals surface area contributed by atoms with Crippen molar-refractivity contribution in [3.63, 3.8) is 0 Å². The molecule has 0 saturated heterocycles. The van der Waals surface area contributed by atoms with Gasteiger partial charge in [0.1, 0.15) is 18.0 Å². The Balaban J connectivity index is 1.78. The summed E-state index contributed by atoms with van der Waals surface area (Å²) in [6.07, 6.45) is 1.83. The third kappa shape index (κ3) is 5.93. The molecule has 0 fully saturated rings. The van der Waals surface area contributed by atoms with Crippen LogP contribution in [0.5, 0.6) is 11.5 Å². The molecule has 11 heteroatoms. The van der Waals surface area contributed by atoms with Gasteiger partial charge in [0.2, 0.25) is 10.0 Å². The normalized spacial score (nSPS) is 11.5. The van der Waals surface area contributed by atoms with Crippen LogP contribution >= 0.6 is 11.6 Å². The van der Waals surface area contributed by atoms with Crippen LogP contribution in [0.15, 0.2) is 36.7 Å². The van der Waals surface area contributed by atoms with Gasteiger partial charge in [-0.05, 0) is 37.6 Å². The predicted octanol–water partition coefficient (Wildman–Crippen LogP) is 3.88. The molecule has 2 N–H and O–H groups in total. The lowest BCUT2D eigenvalue weighted by atomic mass is 10.2. The number of ether oxygens (including phenoxy) is 2. The molecule has 3 aromatic rings. The van der Waals surface area contributed by atoms with E-state index in [1.165, 1.54) is 25.6 Å². The molecule has 0 aliphatic rings. The van der Waals surface area contributed by atoms with Gasteiger partial charge < -0.3 is 14.8 Å². The van der Waals surface area contributed by atoms with E-state index in [1.807, 2.05) is 0 Å². The van der Waals surface area contributed by atoms with Crippen molar-refractivity contribution in [1.82, 2.24) is 14.7 Å². The molecule has 0 spiro atoms. The second kappa shape index (κ2) is 10.1. The van der Waals surface area contributed by atoms with E-state index in [4.69, 9.17) is 21.1 Å². The maximum atomic E-state index is 14.2. The molecule has 0 aliphatic heterocycles. The Kier molecular flexibility index (Phi) is 7.47. The minimum atomic E-state index is -3.23. The highest BCUT2D eigenvalue weighted by atomic mass is 35.5. The van der Waals surface area contributed by atoms with E-state index in [-0.39, 0.29) is 24.6 Å². The molecule has 8 nitrogen and oxygen atoms in total. The number of nitrogens with zero attached hydrogens (tertiary/aromatic N) is 2. The summed E-state index contributed by atoms with van der Waals surface area (Å²) in [7, 11) is -1.73. The van der Waals surface area contributed by atoms with Gasteiger partial charge in [0, 0.05) is 23.0 Å². The maximum Gasteiger partial charge on any atom is 0.211 e. The maximum absolute atomic E-state index is 14.2. The zero-order valence-electron chi connectivity index (χ0n) is 17.0. The number of methoxy groups -OCH3 is 1. The van der Waals surface area contributed by atoms with Crippen LogP contribution in [0.1, 0.15) is 13.3 Å². The van der Waals surface area contributed by atoms with Crippen LogP contribution in [0.25, 0.3) is 10.9 Å². The molecule has 0 bridgehead atoms. The van der Waals surface area contributed by atoms with E-state index in [0.29, 0.717) is 39.7 Å². The highest BCUT2D eigenvalue weighted by Gasteiger charge is 2.13. The van der Waals surface area contributed by atoms with E-state index < -0.39 is 15.8 Å². The molecule has 0 aliphatic carbocycles. The molecule has 3 rings (SSSR count). The fourth-order valence-corrected chi connectivity index (χ4v) is 3.56. The Labute approximate surface area is 184 Å². The summed E-state index contributed by atoms with van der Waals surface area (Å²) < 4.78 is 50.7. The quantitative estimate of drug-likeness (QED) is 0.435. The number of anilines is 2. The van der Waals surface area contributed by atoms with Crippen LogP contribution in [-0.4, -0.2) is 44.4 Å². The van der Waals surface area contributed by atoms with Crippen LogP contribution < -0.4 is 19.5 Å². The minimum absolute atomic E-state index is 0.0301. The average Bonchev–Trinajstić information content (AvgIpc) is 2.75. The summed E-state index contributed by atoms with van der Waals surface area (Å²) in [5, 5.41) is 3.85. The Morgan fingerprint density at radius 2 is 1.97 bits per heavy atom. The highest BCUT2D eigenvalue weighted by Crippen LogP contribution is 2.35. The second-order valence-corrected chi connectivity index (χ2v) is 9.02. The molecule has 0 unspecified atom stereocenters. The van der Waals surface area contributed by atoms with Gasteiger partial charge in [-0.25, -0.2) is 27.5 Å². The van der Waals surface area contributed by atoms with Gasteiger partial charge in [-0.1, -0.05) is 11.6 Å². The number of nitrogens with one attached hydrogen (secondary N) is 2. The van der Waals surface area contributed by atoms with Crippen molar-refractivity contribution in [3.05, 3.63) is 47.5 Å². The molecular formula is C20H22ClFN4O4S. The largest absolute Gasteiger partial charge is 0.493 e. The number of fused-ring (bicyclic) bond motifs is 1. The summed E-state index contributed by atoms with van der Waals surface area (Å²) in [5.74, 6) is 0.809. The van der Waals surface area contributed by atoms with Gasteiger partial charge in [-0.3, -0.25) is 0 Å². The number of rotatable bonds is 10. The standard InChI is InChI=1S/C20H22ClFN4O4S/c1-3-31(27,28)25-7-4-8-30-19-11-17-14(10-18(19)29-2)20(24-12-23-17)26-16-6-5-13(21)9-15(16)22/h5-6,9-12,25H,3-4,7-8H2,1-2H3,(H,23,24,26). The zero-order chi connectivity index (χ0) is 22.4. The first-order chi connectivity index (χ1) is 14.8. The first kappa shape index (κ1) is 23.0. The molecule has 1 heterocycles. The monoisotopic (exact) mass is 468 g/mol. The van der Waals surface area contributed by atoms with Crippen LogP contribution in [-0.2, 0) is 10.0 Å². The van der Waals surface area contributed by atoms with Crippen LogP contribution in [0.3, 0.4) is 0 Å². The molecule has 0 amide bonds. The fourth-order valence-electron chi connectivity index (χ4n) is 2.74. The summed E-state index contributed by atoms with van der Waals surface area (Å²) in [5.41, 5.74) is 0.785. The lowest BCUT2D eigenvalue weighted by molar-refractivity contribution is 0.290.